The molecule has 2 saturated carbocycles. The van der Waals surface area contributed by atoms with Crippen molar-refractivity contribution < 1.29 is 17.9 Å². The number of alkyl halides is 3. The third-order valence-electron chi connectivity index (χ3n) is 7.32. The fourth-order valence-corrected chi connectivity index (χ4v) is 5.78. The number of nitrogens with zero attached hydrogens (tertiary/aromatic N) is 4. The van der Waals surface area contributed by atoms with Crippen LogP contribution >= 0.6 is 0 Å². The van der Waals surface area contributed by atoms with E-state index in [4.69, 9.17) is 10.5 Å². The minimum absolute atomic E-state index is 0.125. The summed E-state index contributed by atoms with van der Waals surface area (Å²) in [5.41, 5.74) is 6.55. The third kappa shape index (κ3) is 3.79. The van der Waals surface area contributed by atoms with Gasteiger partial charge in [-0.2, -0.15) is 18.3 Å². The molecule has 0 unspecified atom stereocenters. The number of hydrogen-bond donors (Lipinski definition) is 1. The molecule has 32 heavy (non-hydrogen) atoms. The smallest absolute Gasteiger partial charge is 0.383 e. The van der Waals surface area contributed by atoms with Gasteiger partial charge in [-0.05, 0) is 57.6 Å². The van der Waals surface area contributed by atoms with Crippen LogP contribution in [0.4, 0.5) is 19.0 Å². The summed E-state index contributed by atoms with van der Waals surface area (Å²) in [4.78, 5) is 6.35. The van der Waals surface area contributed by atoms with Crippen LogP contribution in [0.2, 0.25) is 0 Å². The van der Waals surface area contributed by atoms with Crippen LogP contribution in [0.1, 0.15) is 56.8 Å². The number of ether oxygens (including phenoxy) is 1. The van der Waals surface area contributed by atoms with Crippen molar-refractivity contribution in [3.63, 3.8) is 0 Å². The van der Waals surface area contributed by atoms with Crippen molar-refractivity contribution in [3.8, 4) is 11.3 Å². The monoisotopic (exact) mass is 449 g/mol. The van der Waals surface area contributed by atoms with Gasteiger partial charge in [0, 0.05) is 48.5 Å². The molecule has 1 saturated heterocycles. The van der Waals surface area contributed by atoms with Gasteiger partial charge < -0.3 is 10.5 Å². The Morgan fingerprint density at radius 1 is 1.19 bits per heavy atom. The maximum Gasteiger partial charge on any atom is 0.419 e. The molecule has 0 bridgehead atoms. The number of halogens is 3. The maximum absolute atomic E-state index is 13.3. The van der Waals surface area contributed by atoms with Gasteiger partial charge in [-0.1, -0.05) is 0 Å². The van der Waals surface area contributed by atoms with Gasteiger partial charge in [0.15, 0.2) is 0 Å². The summed E-state index contributed by atoms with van der Waals surface area (Å²) in [6.07, 6.45) is -0.540. The van der Waals surface area contributed by atoms with Gasteiger partial charge in [0.05, 0.1) is 24.0 Å². The number of nitrogens with two attached hydrogens (primary N) is 1. The van der Waals surface area contributed by atoms with E-state index in [9.17, 15) is 13.2 Å². The van der Waals surface area contributed by atoms with Gasteiger partial charge in [0.2, 0.25) is 0 Å². The lowest BCUT2D eigenvalue weighted by molar-refractivity contribution is -0.137. The third-order valence-corrected chi connectivity index (χ3v) is 7.32. The van der Waals surface area contributed by atoms with Crippen LogP contribution in [0, 0.1) is 11.8 Å². The van der Waals surface area contributed by atoms with Crippen molar-refractivity contribution in [3.05, 3.63) is 29.6 Å². The average molecular weight is 450 g/mol. The van der Waals surface area contributed by atoms with Crippen LogP contribution in [0.3, 0.4) is 0 Å². The van der Waals surface area contributed by atoms with Gasteiger partial charge >= 0.3 is 6.18 Å². The molecule has 2 N–H and O–H groups in total. The average Bonchev–Trinajstić information content (AvgIpc) is 3.08. The Kier molecular flexibility index (Phi) is 5.24. The van der Waals surface area contributed by atoms with E-state index >= 15 is 0 Å². The van der Waals surface area contributed by atoms with Crippen molar-refractivity contribution in [2.75, 3.05) is 25.4 Å². The molecule has 3 heterocycles. The second-order valence-corrected chi connectivity index (χ2v) is 9.80. The molecule has 0 radical (unpaired) electrons. The van der Waals surface area contributed by atoms with E-state index in [1.807, 2.05) is 10.7 Å². The predicted molar refractivity (Wildman–Crippen MR) is 115 cm³/mol. The molecule has 1 aliphatic heterocycles. The largest absolute Gasteiger partial charge is 0.419 e. The number of pyridine rings is 1. The Labute approximate surface area is 185 Å². The van der Waals surface area contributed by atoms with Crippen molar-refractivity contribution in [1.82, 2.24) is 19.7 Å². The molecule has 6 nitrogen and oxygen atoms in total. The molecule has 5 atom stereocenters. The highest BCUT2D eigenvalue weighted by molar-refractivity contribution is 5.63. The van der Waals surface area contributed by atoms with E-state index in [1.54, 1.807) is 0 Å². The number of aromatic nitrogens is 3. The minimum Gasteiger partial charge on any atom is -0.383 e. The van der Waals surface area contributed by atoms with Crippen LogP contribution in [0.5, 0.6) is 0 Å². The van der Waals surface area contributed by atoms with Crippen LogP contribution in [-0.4, -0.2) is 51.5 Å². The van der Waals surface area contributed by atoms with Gasteiger partial charge in [-0.15, -0.1) is 0 Å². The first kappa shape index (κ1) is 21.7. The van der Waals surface area contributed by atoms with Gasteiger partial charge in [0.25, 0.3) is 0 Å². The standard InChI is InChI=1S/C23H30F3N5O/c1-12(2)31-20(9-19(29-31)14-6-18(23(24,25)26)22(27)28-10-14)21-16-7-15(8-17(16)21)30-4-5-32-13(3)11-30/h6,9-10,12-13,15-17,21H,4-5,7-8,11H2,1-3H3,(H2,27,28)/t13-,15-,16+,17-,21-/m0/s1. The maximum atomic E-state index is 13.3. The lowest BCUT2D eigenvalue weighted by Gasteiger charge is -2.36. The summed E-state index contributed by atoms with van der Waals surface area (Å²) < 4.78 is 47.6. The number of nitrogen functional groups attached to an aromatic ring is 1. The Balaban J connectivity index is 1.37. The Hall–Kier alpha value is -2.13. The topological polar surface area (TPSA) is 69.2 Å². The van der Waals surface area contributed by atoms with Gasteiger partial charge in [0.1, 0.15) is 5.82 Å². The second kappa shape index (κ2) is 7.73. The summed E-state index contributed by atoms with van der Waals surface area (Å²) in [5.74, 6) is 1.16. The molecule has 2 aromatic rings. The summed E-state index contributed by atoms with van der Waals surface area (Å²) >= 11 is 0. The zero-order valence-corrected chi connectivity index (χ0v) is 18.6. The second-order valence-electron chi connectivity index (χ2n) is 9.80. The fraction of sp³-hybridized carbons (Fsp3) is 0.652. The van der Waals surface area contributed by atoms with Crippen LogP contribution < -0.4 is 5.73 Å². The molecule has 9 heteroatoms. The van der Waals surface area contributed by atoms with Crippen molar-refractivity contribution >= 4 is 5.82 Å². The Morgan fingerprint density at radius 3 is 2.53 bits per heavy atom. The molecule has 3 fully saturated rings. The molecule has 0 spiro atoms. The molecule has 3 aliphatic rings. The lowest BCUT2D eigenvalue weighted by Crippen LogP contribution is -2.46. The summed E-state index contributed by atoms with van der Waals surface area (Å²) in [6.45, 7) is 9.03. The number of anilines is 1. The van der Waals surface area contributed by atoms with Crippen molar-refractivity contribution in [2.24, 2.45) is 11.8 Å². The SMILES string of the molecule is CC(C)n1nc(-c2cnc(N)c(C(F)(F)F)c2)cc1[C@H]1[C@@H]2C[C@H](N3CCO[C@@H](C)C3)C[C@@H]21. The normalized spacial score (nSPS) is 30.7. The highest BCUT2D eigenvalue weighted by Gasteiger charge is 2.58. The first-order chi connectivity index (χ1) is 15.1. The molecule has 174 valence electrons. The zero-order valence-electron chi connectivity index (χ0n) is 18.6. The van der Waals surface area contributed by atoms with E-state index < -0.39 is 17.6 Å². The Bertz CT molecular complexity index is 992. The first-order valence-corrected chi connectivity index (χ1v) is 11.4. The lowest BCUT2D eigenvalue weighted by atomic mass is 10.0. The van der Waals surface area contributed by atoms with E-state index in [1.165, 1.54) is 19.0 Å². The summed E-state index contributed by atoms with van der Waals surface area (Å²) in [7, 11) is 0. The van der Waals surface area contributed by atoms with Crippen LogP contribution in [0.15, 0.2) is 18.3 Å². The minimum atomic E-state index is -4.55. The summed E-state index contributed by atoms with van der Waals surface area (Å²) in [5, 5.41) is 4.68. The Morgan fingerprint density at radius 2 is 1.91 bits per heavy atom. The molecule has 2 aliphatic carbocycles. The molecular weight excluding hydrogens is 419 g/mol. The number of morpholine rings is 1. The van der Waals surface area contributed by atoms with Gasteiger partial charge in [-0.25, -0.2) is 4.98 Å². The van der Waals surface area contributed by atoms with Crippen molar-refractivity contribution in [2.45, 2.75) is 63.9 Å². The van der Waals surface area contributed by atoms with E-state index in [0.717, 1.165) is 31.5 Å². The number of fused-ring (bicyclic) bond motifs is 1. The van der Waals surface area contributed by atoms with Crippen LogP contribution in [0.25, 0.3) is 11.3 Å². The van der Waals surface area contributed by atoms with E-state index in [-0.39, 0.29) is 12.1 Å². The first-order valence-electron chi connectivity index (χ1n) is 11.4. The van der Waals surface area contributed by atoms with Crippen molar-refractivity contribution in [1.29, 1.82) is 0 Å². The fourth-order valence-electron chi connectivity index (χ4n) is 5.78. The molecule has 5 rings (SSSR count). The molecule has 0 aromatic carbocycles. The zero-order chi connectivity index (χ0) is 22.8. The highest BCUT2D eigenvalue weighted by atomic mass is 19.4. The quantitative estimate of drug-likeness (QED) is 0.752. The number of hydrogen-bond acceptors (Lipinski definition) is 5. The van der Waals surface area contributed by atoms with E-state index in [2.05, 4.69) is 35.8 Å². The number of rotatable bonds is 4. The predicted octanol–water partition coefficient (Wildman–Crippen LogP) is 4.34. The van der Waals surface area contributed by atoms with E-state index in [0.29, 0.717) is 35.1 Å². The molecule has 2 aromatic heterocycles. The van der Waals surface area contributed by atoms with Crippen LogP contribution in [-0.2, 0) is 10.9 Å². The molecule has 0 amide bonds. The highest BCUT2D eigenvalue weighted by Crippen LogP contribution is 2.64. The van der Waals surface area contributed by atoms with Gasteiger partial charge in [-0.3, -0.25) is 9.58 Å². The molecular formula is C23H30F3N5O. The summed E-state index contributed by atoms with van der Waals surface area (Å²) in [6, 6.07) is 3.75.